The van der Waals surface area contributed by atoms with Crippen molar-refractivity contribution < 1.29 is 13.7 Å². The Morgan fingerprint density at radius 2 is 2.07 bits per heavy atom. The molecule has 1 amide bonds. The summed E-state index contributed by atoms with van der Waals surface area (Å²) < 4.78 is 10.9. The second kappa shape index (κ2) is 6.34. The summed E-state index contributed by atoms with van der Waals surface area (Å²) in [5, 5.41) is 4.68. The van der Waals surface area contributed by atoms with Gasteiger partial charge in [-0.2, -0.15) is 0 Å². The van der Waals surface area contributed by atoms with Gasteiger partial charge in [-0.05, 0) is 56.5 Å². The molecule has 0 radical (unpaired) electrons. The van der Waals surface area contributed by atoms with E-state index >= 15 is 0 Å². The maximum Gasteiger partial charge on any atom is 0.259 e. The highest BCUT2D eigenvalue weighted by molar-refractivity contribution is 6.14. The van der Waals surface area contributed by atoms with Crippen LogP contribution in [-0.4, -0.2) is 22.6 Å². The van der Waals surface area contributed by atoms with Crippen LogP contribution in [0.3, 0.4) is 0 Å². The number of rotatable bonds is 2. The zero-order chi connectivity index (χ0) is 19.3. The van der Waals surface area contributed by atoms with Crippen molar-refractivity contribution in [2.24, 2.45) is 0 Å². The van der Waals surface area contributed by atoms with Crippen LogP contribution in [0.5, 0.6) is 0 Å². The Kier molecular flexibility index (Phi) is 3.79. The fourth-order valence-electron chi connectivity index (χ4n) is 3.90. The molecule has 0 N–H and O–H groups in total. The molecule has 0 fully saturated rings. The van der Waals surface area contributed by atoms with E-state index in [1.54, 1.807) is 18.4 Å². The van der Waals surface area contributed by atoms with E-state index in [-0.39, 0.29) is 5.91 Å². The molecule has 4 aromatic rings. The Labute approximate surface area is 161 Å². The number of anilines is 1. The zero-order valence-electron chi connectivity index (χ0n) is 15.7. The van der Waals surface area contributed by atoms with E-state index in [4.69, 9.17) is 8.94 Å². The number of aryl methyl sites for hydroxylation is 3. The van der Waals surface area contributed by atoms with Crippen molar-refractivity contribution in [1.29, 1.82) is 0 Å². The Bertz CT molecular complexity index is 1190. The molecule has 5 rings (SSSR count). The van der Waals surface area contributed by atoms with Crippen LogP contribution in [0, 0.1) is 13.8 Å². The maximum absolute atomic E-state index is 13.6. The molecule has 6 heteroatoms. The Morgan fingerprint density at radius 1 is 1.18 bits per heavy atom. The molecule has 0 saturated heterocycles. The number of hydrogen-bond donors (Lipinski definition) is 0. The molecule has 6 nitrogen and oxygen atoms in total. The van der Waals surface area contributed by atoms with E-state index < -0.39 is 0 Å². The van der Waals surface area contributed by atoms with Crippen LogP contribution in [0.1, 0.15) is 33.6 Å². The molecule has 3 aromatic heterocycles. The number of carbonyl (C=O) groups is 1. The van der Waals surface area contributed by atoms with Gasteiger partial charge < -0.3 is 13.8 Å². The van der Waals surface area contributed by atoms with E-state index in [1.165, 1.54) is 11.1 Å². The van der Waals surface area contributed by atoms with Crippen molar-refractivity contribution in [3.8, 4) is 11.5 Å². The molecule has 0 aliphatic carbocycles. The number of carbonyl (C=O) groups excluding carboxylic acids is 1. The molecule has 0 bridgehead atoms. The minimum absolute atomic E-state index is 0.0729. The van der Waals surface area contributed by atoms with Gasteiger partial charge >= 0.3 is 0 Å². The summed E-state index contributed by atoms with van der Waals surface area (Å²) in [5.74, 6) is 0.510. The summed E-state index contributed by atoms with van der Waals surface area (Å²) in [6.07, 6.45) is 3.50. The van der Waals surface area contributed by atoms with Crippen LogP contribution >= 0.6 is 0 Å². The average molecular weight is 373 g/mol. The van der Waals surface area contributed by atoms with Gasteiger partial charge in [0, 0.05) is 12.2 Å². The third-order valence-electron chi connectivity index (χ3n) is 5.22. The van der Waals surface area contributed by atoms with Crippen LogP contribution in [0.15, 0.2) is 51.6 Å². The van der Waals surface area contributed by atoms with Gasteiger partial charge in [0.1, 0.15) is 5.69 Å². The van der Waals surface area contributed by atoms with Crippen LogP contribution in [0.2, 0.25) is 0 Å². The number of aromatic nitrogens is 2. The number of nitrogens with zero attached hydrogens (tertiary/aromatic N) is 3. The molecule has 28 heavy (non-hydrogen) atoms. The van der Waals surface area contributed by atoms with Crippen molar-refractivity contribution >= 4 is 22.7 Å². The van der Waals surface area contributed by atoms with Crippen molar-refractivity contribution in [2.75, 3.05) is 11.4 Å². The summed E-state index contributed by atoms with van der Waals surface area (Å²) in [6.45, 7) is 4.58. The Hall–Kier alpha value is -3.41. The highest BCUT2D eigenvalue weighted by Gasteiger charge is 2.28. The largest absolute Gasteiger partial charge is 0.463 e. The lowest BCUT2D eigenvalue weighted by Crippen LogP contribution is -2.35. The number of hydrogen-bond acceptors (Lipinski definition) is 5. The maximum atomic E-state index is 13.6. The minimum atomic E-state index is -0.0729. The van der Waals surface area contributed by atoms with E-state index in [9.17, 15) is 4.79 Å². The van der Waals surface area contributed by atoms with Crippen LogP contribution in [0.4, 0.5) is 5.69 Å². The highest BCUT2D eigenvalue weighted by Crippen LogP contribution is 2.33. The lowest BCUT2D eigenvalue weighted by molar-refractivity contribution is 0.0986. The van der Waals surface area contributed by atoms with Crippen molar-refractivity contribution in [3.63, 3.8) is 0 Å². The SMILES string of the molecule is Cc1ccc2c(c1)CCCN2C(=O)c1cc(-c2ccco2)nc2onc(C)c12. The lowest BCUT2D eigenvalue weighted by Gasteiger charge is -2.30. The van der Waals surface area contributed by atoms with Crippen LogP contribution < -0.4 is 4.90 Å². The number of benzene rings is 1. The third kappa shape index (κ3) is 2.60. The predicted octanol–water partition coefficient (Wildman–Crippen LogP) is 4.69. The third-order valence-corrected chi connectivity index (χ3v) is 5.22. The zero-order valence-corrected chi connectivity index (χ0v) is 15.7. The molecule has 0 unspecified atom stereocenters. The molecular weight excluding hydrogens is 354 g/mol. The quantitative estimate of drug-likeness (QED) is 0.509. The molecule has 0 saturated carbocycles. The fraction of sp³-hybridized carbons (Fsp3) is 0.227. The first-order valence-corrected chi connectivity index (χ1v) is 9.34. The first kappa shape index (κ1) is 16.7. The molecule has 1 aliphatic heterocycles. The lowest BCUT2D eigenvalue weighted by atomic mass is 9.98. The van der Waals surface area contributed by atoms with Gasteiger partial charge in [-0.25, -0.2) is 4.98 Å². The minimum Gasteiger partial charge on any atom is -0.463 e. The molecular formula is C22H19N3O3. The summed E-state index contributed by atoms with van der Waals surface area (Å²) in [5.41, 5.74) is 5.46. The van der Waals surface area contributed by atoms with Gasteiger partial charge in [-0.15, -0.1) is 0 Å². The standard InChI is InChI=1S/C22H19N3O3/c1-13-7-8-18-15(11-13)5-3-9-25(18)22(26)16-12-17(19-6-4-10-27-19)23-21-20(16)14(2)24-28-21/h4,6-8,10-12H,3,5,9H2,1-2H3. The summed E-state index contributed by atoms with van der Waals surface area (Å²) in [7, 11) is 0. The van der Waals surface area contributed by atoms with E-state index in [2.05, 4.69) is 23.1 Å². The average Bonchev–Trinajstić information content (AvgIpc) is 3.36. The Morgan fingerprint density at radius 3 is 2.89 bits per heavy atom. The van der Waals surface area contributed by atoms with E-state index in [0.29, 0.717) is 40.4 Å². The number of furan rings is 1. The molecule has 1 aliphatic rings. The van der Waals surface area contributed by atoms with E-state index in [0.717, 1.165) is 18.5 Å². The molecule has 0 spiro atoms. The van der Waals surface area contributed by atoms with Gasteiger partial charge in [0.05, 0.1) is 22.9 Å². The van der Waals surface area contributed by atoms with Crippen molar-refractivity contribution in [2.45, 2.75) is 26.7 Å². The summed E-state index contributed by atoms with van der Waals surface area (Å²) in [4.78, 5) is 20.0. The van der Waals surface area contributed by atoms with Crippen molar-refractivity contribution in [1.82, 2.24) is 10.1 Å². The predicted molar refractivity (Wildman–Crippen MR) is 105 cm³/mol. The molecule has 4 heterocycles. The first-order valence-electron chi connectivity index (χ1n) is 9.34. The number of amides is 1. The Balaban J connectivity index is 1.67. The monoisotopic (exact) mass is 373 g/mol. The van der Waals surface area contributed by atoms with Gasteiger partial charge in [0.15, 0.2) is 5.76 Å². The molecule has 0 atom stereocenters. The number of fused-ring (bicyclic) bond motifs is 2. The topological polar surface area (TPSA) is 72.4 Å². The highest BCUT2D eigenvalue weighted by atomic mass is 16.5. The van der Waals surface area contributed by atoms with Crippen LogP contribution in [0.25, 0.3) is 22.6 Å². The van der Waals surface area contributed by atoms with Gasteiger partial charge in [-0.3, -0.25) is 4.79 Å². The first-order chi connectivity index (χ1) is 13.6. The summed E-state index contributed by atoms with van der Waals surface area (Å²) in [6, 6.07) is 11.6. The smallest absolute Gasteiger partial charge is 0.259 e. The normalized spacial score (nSPS) is 13.7. The fourth-order valence-corrected chi connectivity index (χ4v) is 3.90. The van der Waals surface area contributed by atoms with Gasteiger partial charge in [0.2, 0.25) is 0 Å². The molecule has 1 aromatic carbocycles. The van der Waals surface area contributed by atoms with E-state index in [1.807, 2.05) is 30.0 Å². The van der Waals surface area contributed by atoms with Crippen LogP contribution in [-0.2, 0) is 6.42 Å². The van der Waals surface area contributed by atoms with Crippen molar-refractivity contribution in [3.05, 3.63) is 65.0 Å². The molecule has 140 valence electrons. The second-order valence-electron chi connectivity index (χ2n) is 7.17. The van der Waals surface area contributed by atoms with Gasteiger partial charge in [-0.1, -0.05) is 22.9 Å². The summed E-state index contributed by atoms with van der Waals surface area (Å²) >= 11 is 0. The van der Waals surface area contributed by atoms with Gasteiger partial charge in [0.25, 0.3) is 11.6 Å². The second-order valence-corrected chi connectivity index (χ2v) is 7.17. The number of pyridine rings is 1.